The molecule has 1 N–H and O–H groups in total. The lowest BCUT2D eigenvalue weighted by Crippen LogP contribution is -2.54. The zero-order valence-corrected chi connectivity index (χ0v) is 14.5. The third-order valence-electron chi connectivity index (χ3n) is 4.00. The summed E-state index contributed by atoms with van der Waals surface area (Å²) in [7, 11) is 0. The van der Waals surface area contributed by atoms with Gasteiger partial charge < -0.3 is 15.1 Å². The van der Waals surface area contributed by atoms with E-state index >= 15 is 0 Å². The van der Waals surface area contributed by atoms with Gasteiger partial charge in [-0.3, -0.25) is 14.4 Å². The van der Waals surface area contributed by atoms with Crippen molar-refractivity contribution in [1.82, 2.24) is 15.1 Å². The van der Waals surface area contributed by atoms with Crippen LogP contribution in [-0.2, 0) is 9.59 Å². The van der Waals surface area contributed by atoms with Gasteiger partial charge in [0, 0.05) is 37.2 Å². The van der Waals surface area contributed by atoms with Crippen LogP contribution in [0.2, 0.25) is 0 Å². The van der Waals surface area contributed by atoms with E-state index in [0.717, 1.165) is 0 Å². The summed E-state index contributed by atoms with van der Waals surface area (Å²) >= 11 is 0. The predicted octanol–water partition coefficient (Wildman–Crippen LogP) is 1.13. The molecule has 0 atom stereocenters. The van der Waals surface area contributed by atoms with Crippen molar-refractivity contribution in [2.75, 3.05) is 32.7 Å². The van der Waals surface area contributed by atoms with E-state index < -0.39 is 5.41 Å². The minimum atomic E-state index is -0.407. The van der Waals surface area contributed by atoms with Crippen LogP contribution >= 0.6 is 0 Å². The highest BCUT2D eigenvalue weighted by atomic mass is 16.2. The third kappa shape index (κ3) is 4.57. The molecule has 1 heterocycles. The Morgan fingerprint density at radius 2 is 1.50 bits per heavy atom. The topological polar surface area (TPSA) is 69.7 Å². The molecular formula is C18H25N3O3. The molecular weight excluding hydrogens is 306 g/mol. The van der Waals surface area contributed by atoms with Gasteiger partial charge in [0.05, 0.1) is 6.54 Å². The largest absolute Gasteiger partial charge is 0.343 e. The van der Waals surface area contributed by atoms with Gasteiger partial charge in [0.1, 0.15) is 0 Å². The van der Waals surface area contributed by atoms with Gasteiger partial charge in [-0.15, -0.1) is 0 Å². The first-order chi connectivity index (χ1) is 11.3. The minimum absolute atomic E-state index is 0.0268. The third-order valence-corrected chi connectivity index (χ3v) is 4.00. The van der Waals surface area contributed by atoms with E-state index in [4.69, 9.17) is 0 Å². The number of amides is 3. The number of carbonyl (C=O) groups is 3. The number of hydrogen-bond acceptors (Lipinski definition) is 3. The second-order valence-electron chi connectivity index (χ2n) is 6.97. The van der Waals surface area contributed by atoms with E-state index in [1.165, 1.54) is 0 Å². The standard InChI is InChI=1S/C18H25N3O3/c1-18(2,3)17(24)21-11-9-20(10-12-21)15(22)13-19-16(23)14-7-5-4-6-8-14/h4-8H,9-13H2,1-3H3,(H,19,23). The van der Waals surface area contributed by atoms with Crippen molar-refractivity contribution in [3.63, 3.8) is 0 Å². The van der Waals surface area contributed by atoms with Crippen molar-refractivity contribution < 1.29 is 14.4 Å². The monoisotopic (exact) mass is 331 g/mol. The van der Waals surface area contributed by atoms with Crippen LogP contribution < -0.4 is 5.32 Å². The Morgan fingerprint density at radius 1 is 0.958 bits per heavy atom. The lowest BCUT2D eigenvalue weighted by molar-refractivity contribution is -0.144. The molecule has 6 nitrogen and oxygen atoms in total. The van der Waals surface area contributed by atoms with Gasteiger partial charge in [-0.05, 0) is 12.1 Å². The Bertz CT molecular complexity index is 600. The molecule has 2 rings (SSSR count). The number of piperazine rings is 1. The minimum Gasteiger partial charge on any atom is -0.343 e. The molecule has 1 saturated heterocycles. The summed E-state index contributed by atoms with van der Waals surface area (Å²) in [5, 5.41) is 2.64. The maximum Gasteiger partial charge on any atom is 0.251 e. The molecule has 0 radical (unpaired) electrons. The molecule has 0 aliphatic carbocycles. The average Bonchev–Trinajstić information content (AvgIpc) is 2.58. The molecule has 130 valence electrons. The summed E-state index contributed by atoms with van der Waals surface area (Å²) in [5.41, 5.74) is 0.126. The zero-order valence-electron chi connectivity index (χ0n) is 14.5. The van der Waals surface area contributed by atoms with Crippen LogP contribution in [0.1, 0.15) is 31.1 Å². The highest BCUT2D eigenvalue weighted by Gasteiger charge is 2.30. The Hall–Kier alpha value is -2.37. The lowest BCUT2D eigenvalue weighted by atomic mass is 9.94. The van der Waals surface area contributed by atoms with E-state index in [1.54, 1.807) is 34.1 Å². The van der Waals surface area contributed by atoms with Crippen LogP contribution in [0.4, 0.5) is 0 Å². The van der Waals surface area contributed by atoms with Gasteiger partial charge in [0.2, 0.25) is 11.8 Å². The van der Waals surface area contributed by atoms with Crippen LogP contribution in [-0.4, -0.2) is 60.2 Å². The van der Waals surface area contributed by atoms with Gasteiger partial charge in [-0.2, -0.15) is 0 Å². The number of nitrogens with one attached hydrogen (secondary N) is 1. The maximum atomic E-state index is 12.2. The fourth-order valence-corrected chi connectivity index (χ4v) is 2.59. The molecule has 0 bridgehead atoms. The van der Waals surface area contributed by atoms with E-state index in [0.29, 0.717) is 31.7 Å². The summed E-state index contributed by atoms with van der Waals surface area (Å²) in [6.45, 7) is 7.73. The summed E-state index contributed by atoms with van der Waals surface area (Å²) in [5.74, 6) is -0.278. The second-order valence-corrected chi connectivity index (χ2v) is 6.97. The zero-order chi connectivity index (χ0) is 17.7. The Kier molecular flexibility index (Phi) is 5.59. The van der Waals surface area contributed by atoms with Crippen molar-refractivity contribution in [3.8, 4) is 0 Å². The van der Waals surface area contributed by atoms with Crippen molar-refractivity contribution in [2.45, 2.75) is 20.8 Å². The normalized spacial score (nSPS) is 15.1. The number of rotatable bonds is 3. The average molecular weight is 331 g/mol. The Morgan fingerprint density at radius 3 is 2.04 bits per heavy atom. The van der Waals surface area contributed by atoms with Gasteiger partial charge in [-0.1, -0.05) is 39.0 Å². The first-order valence-electron chi connectivity index (χ1n) is 8.19. The van der Waals surface area contributed by atoms with Crippen molar-refractivity contribution in [3.05, 3.63) is 35.9 Å². The Labute approximate surface area is 142 Å². The van der Waals surface area contributed by atoms with Crippen LogP contribution in [0.15, 0.2) is 30.3 Å². The second kappa shape index (κ2) is 7.47. The van der Waals surface area contributed by atoms with Crippen molar-refractivity contribution in [1.29, 1.82) is 0 Å². The van der Waals surface area contributed by atoms with E-state index in [1.807, 2.05) is 26.8 Å². The molecule has 0 unspecified atom stereocenters. The van der Waals surface area contributed by atoms with Gasteiger partial charge in [0.25, 0.3) is 5.91 Å². The highest BCUT2D eigenvalue weighted by molar-refractivity contribution is 5.96. The summed E-state index contributed by atoms with van der Waals surface area (Å²) in [4.78, 5) is 39.9. The summed E-state index contributed by atoms with van der Waals surface area (Å²) in [6.07, 6.45) is 0. The first-order valence-corrected chi connectivity index (χ1v) is 8.19. The van der Waals surface area contributed by atoms with Gasteiger partial charge in [0.15, 0.2) is 0 Å². The molecule has 3 amide bonds. The molecule has 24 heavy (non-hydrogen) atoms. The van der Waals surface area contributed by atoms with Crippen molar-refractivity contribution in [2.24, 2.45) is 5.41 Å². The van der Waals surface area contributed by atoms with Gasteiger partial charge in [-0.25, -0.2) is 0 Å². The molecule has 1 aromatic carbocycles. The predicted molar refractivity (Wildman–Crippen MR) is 91.4 cm³/mol. The fraction of sp³-hybridized carbons (Fsp3) is 0.500. The van der Waals surface area contributed by atoms with Crippen LogP contribution in [0, 0.1) is 5.41 Å². The highest BCUT2D eigenvalue weighted by Crippen LogP contribution is 2.18. The number of hydrogen-bond donors (Lipinski definition) is 1. The van der Waals surface area contributed by atoms with Gasteiger partial charge >= 0.3 is 0 Å². The van der Waals surface area contributed by atoms with Crippen LogP contribution in [0.3, 0.4) is 0 Å². The molecule has 1 fully saturated rings. The molecule has 0 saturated carbocycles. The van der Waals surface area contributed by atoms with E-state index in [-0.39, 0.29) is 24.3 Å². The molecule has 1 aliphatic heterocycles. The number of benzene rings is 1. The first kappa shape index (κ1) is 18.0. The fourth-order valence-electron chi connectivity index (χ4n) is 2.59. The summed E-state index contributed by atoms with van der Waals surface area (Å²) < 4.78 is 0. The quantitative estimate of drug-likeness (QED) is 0.903. The number of carbonyl (C=O) groups excluding carboxylic acids is 3. The van der Waals surface area contributed by atoms with Crippen LogP contribution in [0.5, 0.6) is 0 Å². The van der Waals surface area contributed by atoms with E-state index in [9.17, 15) is 14.4 Å². The molecule has 0 spiro atoms. The van der Waals surface area contributed by atoms with Crippen molar-refractivity contribution >= 4 is 17.7 Å². The maximum absolute atomic E-state index is 12.2. The molecule has 0 aromatic heterocycles. The smallest absolute Gasteiger partial charge is 0.251 e. The van der Waals surface area contributed by atoms with Crippen LogP contribution in [0.25, 0.3) is 0 Å². The number of nitrogens with zero attached hydrogens (tertiary/aromatic N) is 2. The molecule has 1 aliphatic rings. The Balaban J connectivity index is 1.79. The summed E-state index contributed by atoms with van der Waals surface area (Å²) in [6, 6.07) is 8.80. The SMILES string of the molecule is CC(C)(C)C(=O)N1CCN(C(=O)CNC(=O)c2ccccc2)CC1. The lowest BCUT2D eigenvalue weighted by Gasteiger charge is -2.37. The van der Waals surface area contributed by atoms with E-state index in [2.05, 4.69) is 5.32 Å². The molecule has 1 aromatic rings. The molecule has 6 heteroatoms.